The molecule has 0 aliphatic carbocycles. The molecule has 0 aromatic heterocycles. The lowest BCUT2D eigenvalue weighted by Gasteiger charge is -2.05. The van der Waals surface area contributed by atoms with E-state index >= 15 is 0 Å². The Morgan fingerprint density at radius 3 is 2.33 bits per heavy atom. The summed E-state index contributed by atoms with van der Waals surface area (Å²) in [6.45, 7) is 0. The third-order valence-electron chi connectivity index (χ3n) is 1.08. The van der Waals surface area contributed by atoms with Gasteiger partial charge in [0, 0.05) is 23.8 Å². The molecule has 1 N–H and O–H groups in total. The first-order chi connectivity index (χ1) is 4.41. The Balaban J connectivity index is 0.000000187. The van der Waals surface area contributed by atoms with Crippen molar-refractivity contribution >= 4 is 35.4 Å². The molecule has 1 fully saturated rings. The van der Waals surface area contributed by atoms with E-state index in [1.807, 2.05) is 0 Å². The first kappa shape index (κ1) is 9.12. The molecule has 7 heteroatoms. The van der Waals surface area contributed by atoms with Crippen LogP contribution in [0.3, 0.4) is 0 Å². The lowest BCUT2D eigenvalue weighted by Crippen LogP contribution is -2.31. The first-order valence-corrected chi connectivity index (χ1v) is 16.6. The molecule has 0 spiro atoms. The average Bonchev–Trinajstić information content (AvgIpc) is 1.93. The lowest BCUT2D eigenvalue weighted by atomic mass is 11.6. The molecule has 1 aliphatic rings. The summed E-state index contributed by atoms with van der Waals surface area (Å²) in [5.41, 5.74) is 0. The van der Waals surface area contributed by atoms with Crippen LogP contribution in [0.4, 0.5) is 0 Å². The van der Waals surface area contributed by atoms with Gasteiger partial charge in [-0.1, -0.05) is 0 Å². The second-order valence-corrected chi connectivity index (χ2v) is 25.4. The van der Waals surface area contributed by atoms with Gasteiger partial charge in [-0.3, -0.25) is 0 Å². The monoisotopic (exact) mass is 193 g/mol. The zero-order valence-corrected chi connectivity index (χ0v) is 11.0. The van der Waals surface area contributed by atoms with Crippen molar-refractivity contribution in [3.63, 3.8) is 0 Å². The minimum atomic E-state index is 0.244. The molecule has 0 saturated carbocycles. The standard InChI is InChI=1S/CHNO.CH10OSi4/c2-1-3;1-2-4-6-5-3-1/h3H;1,3-6H2. The highest BCUT2D eigenvalue weighted by molar-refractivity contribution is 7.44. The SMILES string of the molecule is C1O[SiH2][SiH2][SiH2][SiH2]1.N#CO. The summed E-state index contributed by atoms with van der Waals surface area (Å²) in [6.07, 6.45) is 2.05. The van der Waals surface area contributed by atoms with Gasteiger partial charge in [-0.05, 0) is 8.55 Å². The quantitative estimate of drug-likeness (QED) is 0.317. The predicted molar refractivity (Wildman–Crippen MR) is 47.7 cm³/mol. The van der Waals surface area contributed by atoms with Gasteiger partial charge in [-0.15, -0.1) is 0 Å². The van der Waals surface area contributed by atoms with E-state index in [9.17, 15) is 0 Å². The van der Waals surface area contributed by atoms with Gasteiger partial charge in [0.2, 0.25) is 0 Å². The van der Waals surface area contributed by atoms with Gasteiger partial charge in [-0.2, -0.15) is 5.26 Å². The van der Waals surface area contributed by atoms with Gasteiger partial charge < -0.3 is 9.53 Å². The summed E-state index contributed by atoms with van der Waals surface area (Å²) in [5, 5.41) is 13.8. The number of nitriles is 1. The molecule has 3 nitrogen and oxygen atoms in total. The minimum absolute atomic E-state index is 0.244. The molecule has 0 unspecified atom stereocenters. The second kappa shape index (κ2) is 8.12. The molecule has 9 heavy (non-hydrogen) atoms. The smallest absolute Gasteiger partial charge is 0.283 e. The lowest BCUT2D eigenvalue weighted by molar-refractivity contribution is 0.421. The molecule has 0 aromatic rings. The van der Waals surface area contributed by atoms with Crippen LogP contribution in [-0.4, -0.2) is 46.8 Å². The maximum Gasteiger partial charge on any atom is 0.283 e. The summed E-state index contributed by atoms with van der Waals surface area (Å²) in [6, 6.07) is 0. The van der Waals surface area contributed by atoms with Crippen LogP contribution >= 0.6 is 0 Å². The highest BCUT2D eigenvalue weighted by Gasteiger charge is 1.98. The molecule has 0 atom stereocenters. The highest BCUT2D eigenvalue weighted by Crippen LogP contribution is 1.72. The number of aliphatic hydroxyl groups excluding tert-OH is 1. The Bertz CT molecular complexity index is 77.5. The van der Waals surface area contributed by atoms with Gasteiger partial charge in [0.15, 0.2) is 0 Å². The third kappa shape index (κ3) is 8.12. The van der Waals surface area contributed by atoms with Crippen LogP contribution < -0.4 is 0 Å². The largest absolute Gasteiger partial charge is 0.443 e. The Hall–Kier alpha value is 0.118. The molecular weight excluding hydrogens is 182 g/mol. The van der Waals surface area contributed by atoms with E-state index in [-0.39, 0.29) is 9.28 Å². The summed E-state index contributed by atoms with van der Waals surface area (Å²) >= 11 is 0. The minimum Gasteiger partial charge on any atom is -0.443 e. The number of hydrogen-bond acceptors (Lipinski definition) is 3. The number of rotatable bonds is 0. The van der Waals surface area contributed by atoms with E-state index in [2.05, 4.69) is 0 Å². The summed E-state index contributed by atoms with van der Waals surface area (Å²) in [4.78, 5) is 0. The summed E-state index contributed by atoms with van der Waals surface area (Å²) in [5.74, 6) is 0. The fourth-order valence-electron chi connectivity index (χ4n) is 0.687. The molecule has 1 rings (SSSR count). The average molecular weight is 193 g/mol. The molecule has 0 amide bonds. The van der Waals surface area contributed by atoms with Gasteiger partial charge in [0.05, 0.1) is 0 Å². The van der Waals surface area contributed by atoms with E-state index < -0.39 is 0 Å². The van der Waals surface area contributed by atoms with Gasteiger partial charge in [0.1, 0.15) is 9.28 Å². The van der Waals surface area contributed by atoms with Crippen LogP contribution in [0.2, 0.25) is 0 Å². The summed E-state index contributed by atoms with van der Waals surface area (Å²) in [7, 11) is 2.11. The number of nitrogens with zero attached hydrogens (tertiary/aromatic N) is 1. The normalized spacial score (nSPS) is 27.4. The van der Waals surface area contributed by atoms with Crippen LogP contribution in [0.1, 0.15) is 0 Å². The zero-order valence-electron chi connectivity index (χ0n) is 5.34. The predicted octanol–water partition coefficient (Wildman–Crippen LogP) is -3.85. The summed E-state index contributed by atoms with van der Waals surface area (Å²) < 4.78 is 5.37. The fraction of sp³-hybridized carbons (Fsp3) is 0.500. The number of hydrogen-bond donors (Lipinski definition) is 1. The van der Waals surface area contributed by atoms with Crippen molar-refractivity contribution < 1.29 is 9.53 Å². The molecule has 1 aliphatic heterocycles. The third-order valence-corrected chi connectivity index (χ3v) is 34.8. The highest BCUT2D eigenvalue weighted by atomic mass is 29.7. The topological polar surface area (TPSA) is 53.2 Å². The van der Waals surface area contributed by atoms with Crippen LogP contribution in [-0.2, 0) is 4.43 Å². The molecule has 1 heterocycles. The Morgan fingerprint density at radius 1 is 1.56 bits per heavy atom. The van der Waals surface area contributed by atoms with Gasteiger partial charge in [-0.25, -0.2) is 0 Å². The first-order valence-electron chi connectivity index (χ1n) is 3.02. The molecule has 0 aromatic carbocycles. The van der Waals surface area contributed by atoms with E-state index in [4.69, 9.17) is 14.8 Å². The number of aliphatic hydroxyl groups is 1. The van der Waals surface area contributed by atoms with Crippen LogP contribution in [0.5, 0.6) is 0 Å². The Labute approximate surface area is 63.2 Å². The van der Waals surface area contributed by atoms with E-state index in [0.29, 0.717) is 17.6 Å². The van der Waals surface area contributed by atoms with E-state index in [0.717, 1.165) is 14.8 Å². The van der Waals surface area contributed by atoms with Crippen molar-refractivity contribution in [2.24, 2.45) is 0 Å². The van der Waals surface area contributed by atoms with Crippen molar-refractivity contribution in [2.75, 3.05) is 6.23 Å². The van der Waals surface area contributed by atoms with Crippen molar-refractivity contribution in [1.82, 2.24) is 0 Å². The van der Waals surface area contributed by atoms with Crippen LogP contribution in [0, 0.1) is 11.5 Å². The molecule has 1 saturated heterocycles. The Kier molecular flexibility index (Phi) is 8.22. The van der Waals surface area contributed by atoms with Crippen molar-refractivity contribution in [3.05, 3.63) is 0 Å². The molecule has 0 radical (unpaired) electrons. The molecule has 0 bridgehead atoms. The van der Waals surface area contributed by atoms with Crippen molar-refractivity contribution in [2.45, 2.75) is 0 Å². The maximum atomic E-state index is 6.88. The van der Waals surface area contributed by atoms with Gasteiger partial charge in [0.25, 0.3) is 6.26 Å². The van der Waals surface area contributed by atoms with Gasteiger partial charge >= 0.3 is 0 Å². The molecule has 52 valence electrons. The van der Waals surface area contributed by atoms with Crippen LogP contribution in [0.25, 0.3) is 0 Å². The van der Waals surface area contributed by atoms with E-state index in [1.54, 1.807) is 0 Å². The van der Waals surface area contributed by atoms with Crippen molar-refractivity contribution in [1.29, 1.82) is 5.26 Å². The van der Waals surface area contributed by atoms with Crippen molar-refractivity contribution in [3.8, 4) is 6.26 Å². The maximum absolute atomic E-state index is 6.88. The fourth-order valence-corrected chi connectivity index (χ4v) is 33.6. The zero-order chi connectivity index (χ0) is 6.95. The molecular formula is C2H11NO2Si4. The Morgan fingerprint density at radius 2 is 2.22 bits per heavy atom. The van der Waals surface area contributed by atoms with Crippen LogP contribution in [0.15, 0.2) is 0 Å². The second-order valence-electron chi connectivity index (χ2n) is 1.77. The van der Waals surface area contributed by atoms with E-state index in [1.165, 1.54) is 6.23 Å².